The molecule has 1 heterocycles. The number of aromatic nitrogens is 1. The average molecular weight is 151 g/mol. The molecule has 2 heteroatoms. The first-order valence-electron chi connectivity index (χ1n) is 3.79. The highest BCUT2D eigenvalue weighted by Crippen LogP contribution is 2.22. The van der Waals surface area contributed by atoms with Crippen LogP contribution in [0.3, 0.4) is 0 Å². The molecule has 1 aromatic heterocycles. The smallest absolute Gasteiger partial charge is 0.0880 e. The van der Waals surface area contributed by atoms with Crippen molar-refractivity contribution >= 4 is 0 Å². The Kier molecular flexibility index (Phi) is 2.25. The van der Waals surface area contributed by atoms with Crippen molar-refractivity contribution in [3.63, 3.8) is 0 Å². The predicted octanol–water partition coefficient (Wildman–Crippen LogP) is 1.70. The summed E-state index contributed by atoms with van der Waals surface area (Å²) in [6, 6.07) is 3.72. The molecule has 1 aromatic rings. The summed E-state index contributed by atoms with van der Waals surface area (Å²) in [7, 11) is 0. The molecule has 0 unspecified atom stereocenters. The molecule has 60 valence electrons. The molecule has 0 saturated carbocycles. The quantitative estimate of drug-likeness (QED) is 0.697. The van der Waals surface area contributed by atoms with E-state index in [0.29, 0.717) is 6.42 Å². The molecule has 0 fully saturated rings. The maximum absolute atomic E-state index is 9.75. The highest BCUT2D eigenvalue weighted by molar-refractivity contribution is 5.16. The summed E-state index contributed by atoms with van der Waals surface area (Å²) in [5.41, 5.74) is 0.149. The number of hydrogen-bond acceptors (Lipinski definition) is 2. The molecular weight excluding hydrogens is 138 g/mol. The van der Waals surface area contributed by atoms with E-state index in [9.17, 15) is 5.11 Å². The standard InChI is InChI=1S/C9H13NO/c1-3-9(2,11)8-5-4-6-10-7-8/h4-7,11H,3H2,1-2H3/t9-/m0/s1. The number of rotatable bonds is 2. The van der Waals surface area contributed by atoms with Crippen molar-refractivity contribution in [1.29, 1.82) is 0 Å². The summed E-state index contributed by atoms with van der Waals surface area (Å²) in [4.78, 5) is 3.94. The van der Waals surface area contributed by atoms with E-state index in [1.807, 2.05) is 19.1 Å². The number of aliphatic hydroxyl groups is 1. The van der Waals surface area contributed by atoms with Gasteiger partial charge in [-0.15, -0.1) is 0 Å². The van der Waals surface area contributed by atoms with Crippen LogP contribution in [0, 0.1) is 0 Å². The molecule has 0 bridgehead atoms. The maximum atomic E-state index is 9.75. The van der Waals surface area contributed by atoms with Crippen LogP contribution in [0.1, 0.15) is 25.8 Å². The first-order chi connectivity index (χ1) is 5.17. The van der Waals surface area contributed by atoms with Gasteiger partial charge in [0.1, 0.15) is 0 Å². The number of hydrogen-bond donors (Lipinski definition) is 1. The van der Waals surface area contributed by atoms with Crippen LogP contribution in [0.25, 0.3) is 0 Å². The molecule has 1 N–H and O–H groups in total. The molecular formula is C9H13NO. The third-order valence-electron chi connectivity index (χ3n) is 1.97. The summed E-state index contributed by atoms with van der Waals surface area (Å²) in [5.74, 6) is 0. The minimum Gasteiger partial charge on any atom is -0.385 e. The zero-order valence-corrected chi connectivity index (χ0v) is 6.91. The first-order valence-corrected chi connectivity index (χ1v) is 3.79. The Morgan fingerprint density at radius 2 is 2.36 bits per heavy atom. The van der Waals surface area contributed by atoms with E-state index in [-0.39, 0.29) is 0 Å². The fraction of sp³-hybridized carbons (Fsp3) is 0.444. The van der Waals surface area contributed by atoms with Gasteiger partial charge in [-0.25, -0.2) is 0 Å². The van der Waals surface area contributed by atoms with Gasteiger partial charge in [0.05, 0.1) is 5.60 Å². The van der Waals surface area contributed by atoms with Crippen LogP contribution in [0.15, 0.2) is 24.5 Å². The summed E-state index contributed by atoms with van der Waals surface area (Å²) in [5, 5.41) is 9.75. The second-order valence-corrected chi connectivity index (χ2v) is 2.87. The third-order valence-corrected chi connectivity index (χ3v) is 1.97. The Balaban J connectivity index is 2.93. The van der Waals surface area contributed by atoms with Gasteiger partial charge in [-0.1, -0.05) is 13.0 Å². The molecule has 11 heavy (non-hydrogen) atoms. The van der Waals surface area contributed by atoms with E-state index in [1.165, 1.54) is 0 Å². The molecule has 0 aromatic carbocycles. The third kappa shape index (κ3) is 1.77. The van der Waals surface area contributed by atoms with Gasteiger partial charge in [-0.3, -0.25) is 4.98 Å². The fourth-order valence-electron chi connectivity index (χ4n) is 0.885. The molecule has 0 amide bonds. The monoisotopic (exact) mass is 151 g/mol. The number of nitrogens with zero attached hydrogens (tertiary/aromatic N) is 1. The van der Waals surface area contributed by atoms with Crippen LogP contribution < -0.4 is 0 Å². The van der Waals surface area contributed by atoms with E-state index < -0.39 is 5.60 Å². The SMILES string of the molecule is CC[C@](C)(O)c1cccnc1. The predicted molar refractivity (Wildman–Crippen MR) is 44.1 cm³/mol. The van der Waals surface area contributed by atoms with E-state index >= 15 is 0 Å². The lowest BCUT2D eigenvalue weighted by Gasteiger charge is -2.20. The Morgan fingerprint density at radius 1 is 1.64 bits per heavy atom. The molecule has 1 atom stereocenters. The van der Waals surface area contributed by atoms with Gasteiger partial charge in [0, 0.05) is 18.0 Å². The van der Waals surface area contributed by atoms with E-state index in [4.69, 9.17) is 0 Å². The van der Waals surface area contributed by atoms with E-state index in [2.05, 4.69) is 4.98 Å². The molecule has 0 radical (unpaired) electrons. The molecule has 0 aliphatic heterocycles. The van der Waals surface area contributed by atoms with Crippen LogP contribution in [-0.4, -0.2) is 10.1 Å². The fourth-order valence-corrected chi connectivity index (χ4v) is 0.885. The zero-order valence-electron chi connectivity index (χ0n) is 6.91. The van der Waals surface area contributed by atoms with Crippen molar-refractivity contribution in [1.82, 2.24) is 4.98 Å². The van der Waals surface area contributed by atoms with Crippen molar-refractivity contribution in [2.24, 2.45) is 0 Å². The molecule has 1 rings (SSSR count). The average Bonchev–Trinajstić information content (AvgIpc) is 2.06. The minimum atomic E-state index is -0.728. The highest BCUT2D eigenvalue weighted by Gasteiger charge is 2.19. The van der Waals surface area contributed by atoms with Crippen molar-refractivity contribution in [2.75, 3.05) is 0 Å². The first kappa shape index (κ1) is 8.21. The maximum Gasteiger partial charge on any atom is 0.0880 e. The van der Waals surface area contributed by atoms with Crippen LogP contribution in [0.2, 0.25) is 0 Å². The largest absolute Gasteiger partial charge is 0.385 e. The van der Waals surface area contributed by atoms with Crippen LogP contribution in [-0.2, 0) is 5.60 Å². The molecule has 0 aliphatic carbocycles. The van der Waals surface area contributed by atoms with Gasteiger partial charge in [0.15, 0.2) is 0 Å². The lowest BCUT2D eigenvalue weighted by molar-refractivity contribution is 0.0527. The zero-order chi connectivity index (χ0) is 8.32. The Hall–Kier alpha value is -0.890. The van der Waals surface area contributed by atoms with Crippen LogP contribution in [0.5, 0.6) is 0 Å². The van der Waals surface area contributed by atoms with Crippen LogP contribution in [0.4, 0.5) is 0 Å². The van der Waals surface area contributed by atoms with Gasteiger partial charge >= 0.3 is 0 Å². The van der Waals surface area contributed by atoms with Gasteiger partial charge in [0.25, 0.3) is 0 Å². The Morgan fingerprint density at radius 3 is 2.82 bits per heavy atom. The van der Waals surface area contributed by atoms with E-state index in [1.54, 1.807) is 19.3 Å². The molecule has 0 aliphatic rings. The van der Waals surface area contributed by atoms with Crippen molar-refractivity contribution in [3.05, 3.63) is 30.1 Å². The summed E-state index contributed by atoms with van der Waals surface area (Å²) in [6.45, 7) is 3.75. The number of pyridine rings is 1. The second-order valence-electron chi connectivity index (χ2n) is 2.87. The van der Waals surface area contributed by atoms with Crippen molar-refractivity contribution < 1.29 is 5.11 Å². The van der Waals surface area contributed by atoms with E-state index in [0.717, 1.165) is 5.56 Å². The van der Waals surface area contributed by atoms with Crippen molar-refractivity contribution in [2.45, 2.75) is 25.9 Å². The lowest BCUT2D eigenvalue weighted by Crippen LogP contribution is -2.19. The Labute approximate surface area is 66.9 Å². The summed E-state index contributed by atoms with van der Waals surface area (Å²) in [6.07, 6.45) is 4.11. The van der Waals surface area contributed by atoms with Crippen molar-refractivity contribution in [3.8, 4) is 0 Å². The van der Waals surface area contributed by atoms with Gasteiger partial charge in [0.2, 0.25) is 0 Å². The molecule has 0 saturated heterocycles. The topological polar surface area (TPSA) is 33.1 Å². The lowest BCUT2D eigenvalue weighted by atomic mass is 9.95. The second kappa shape index (κ2) is 3.01. The van der Waals surface area contributed by atoms with Gasteiger partial charge in [-0.2, -0.15) is 0 Å². The van der Waals surface area contributed by atoms with Crippen LogP contribution >= 0.6 is 0 Å². The van der Waals surface area contributed by atoms with Gasteiger partial charge < -0.3 is 5.11 Å². The van der Waals surface area contributed by atoms with Gasteiger partial charge in [-0.05, 0) is 19.4 Å². The summed E-state index contributed by atoms with van der Waals surface area (Å²) < 4.78 is 0. The highest BCUT2D eigenvalue weighted by atomic mass is 16.3. The molecule has 2 nitrogen and oxygen atoms in total. The Bertz CT molecular complexity index is 218. The summed E-state index contributed by atoms with van der Waals surface area (Å²) >= 11 is 0. The molecule has 0 spiro atoms. The minimum absolute atomic E-state index is 0.707. The normalized spacial score (nSPS) is 15.9.